The van der Waals surface area contributed by atoms with Crippen LogP contribution in [0.5, 0.6) is 0 Å². The molecule has 0 radical (unpaired) electrons. The fourth-order valence-electron chi connectivity index (χ4n) is 2.84. The van der Waals surface area contributed by atoms with Gasteiger partial charge in [-0.15, -0.1) is 4.28 Å². The van der Waals surface area contributed by atoms with Crippen molar-refractivity contribution >= 4 is 28.0 Å². The lowest BCUT2D eigenvalue weighted by molar-refractivity contribution is -0.125. The van der Waals surface area contributed by atoms with Crippen molar-refractivity contribution < 1.29 is 26.8 Å². The Labute approximate surface area is 138 Å². The van der Waals surface area contributed by atoms with Gasteiger partial charge in [0.1, 0.15) is 6.04 Å². The standard InChI is InChI=1S/C13H16N4O6S/c18-12(15-14-9-4-2-1-3-5-9)11-7-6-10-8-16(11)13(19)17(10)23-24(20,21)22/h1-5,10-11,14H,6-8H2,(H,15,18)(H,20,21,22)/t10?,11-/m0/s1. The number of para-hydroxylation sites is 1. The molecule has 0 aromatic heterocycles. The number of carbonyl (C=O) groups excluding carboxylic acids is 2. The molecule has 0 aliphatic carbocycles. The van der Waals surface area contributed by atoms with Gasteiger partial charge >= 0.3 is 16.4 Å². The summed E-state index contributed by atoms with van der Waals surface area (Å²) in [5.41, 5.74) is 5.96. The molecular weight excluding hydrogens is 340 g/mol. The van der Waals surface area contributed by atoms with E-state index in [4.69, 9.17) is 4.55 Å². The second-order valence-electron chi connectivity index (χ2n) is 5.49. The van der Waals surface area contributed by atoms with Crippen LogP contribution in [0.1, 0.15) is 12.8 Å². The molecule has 2 atom stereocenters. The smallest absolute Gasteiger partial charge is 0.309 e. The van der Waals surface area contributed by atoms with Gasteiger partial charge in [-0.3, -0.25) is 20.2 Å². The first-order valence-electron chi connectivity index (χ1n) is 7.23. The minimum Gasteiger partial charge on any atom is -0.309 e. The van der Waals surface area contributed by atoms with Crippen LogP contribution in [-0.4, -0.2) is 53.5 Å². The van der Waals surface area contributed by atoms with Crippen LogP contribution in [0.2, 0.25) is 0 Å². The van der Waals surface area contributed by atoms with Crippen LogP contribution in [0.4, 0.5) is 10.5 Å². The maximum absolute atomic E-state index is 12.3. The van der Waals surface area contributed by atoms with Crippen LogP contribution in [0.3, 0.4) is 0 Å². The number of hydrogen-bond donors (Lipinski definition) is 3. The Morgan fingerprint density at radius 2 is 1.96 bits per heavy atom. The zero-order valence-electron chi connectivity index (χ0n) is 12.5. The molecule has 2 fully saturated rings. The van der Waals surface area contributed by atoms with Crippen molar-refractivity contribution in [1.29, 1.82) is 0 Å². The van der Waals surface area contributed by atoms with Crippen molar-refractivity contribution in [2.75, 3.05) is 12.0 Å². The van der Waals surface area contributed by atoms with Gasteiger partial charge in [0.25, 0.3) is 5.91 Å². The summed E-state index contributed by atoms with van der Waals surface area (Å²) in [7, 11) is -4.80. The average molecular weight is 356 g/mol. The lowest BCUT2D eigenvalue weighted by Crippen LogP contribution is -2.51. The number of hydrogen-bond acceptors (Lipinski definition) is 6. The Hall–Kier alpha value is -2.37. The number of fused-ring (bicyclic) bond motifs is 2. The fraction of sp³-hybridized carbons (Fsp3) is 0.385. The SMILES string of the molecule is O=C(NNc1ccccc1)[C@@H]1CCC2CN1C(=O)N2OS(=O)(=O)O. The van der Waals surface area contributed by atoms with Gasteiger partial charge in [0.15, 0.2) is 0 Å². The molecule has 0 spiro atoms. The summed E-state index contributed by atoms with van der Waals surface area (Å²) in [6, 6.07) is 6.92. The van der Waals surface area contributed by atoms with Gasteiger partial charge in [-0.1, -0.05) is 18.2 Å². The zero-order valence-corrected chi connectivity index (χ0v) is 13.3. The van der Waals surface area contributed by atoms with Crippen LogP contribution in [0.15, 0.2) is 30.3 Å². The van der Waals surface area contributed by atoms with Crippen molar-refractivity contribution in [1.82, 2.24) is 15.4 Å². The van der Waals surface area contributed by atoms with Crippen molar-refractivity contribution in [3.05, 3.63) is 30.3 Å². The first-order valence-corrected chi connectivity index (χ1v) is 8.59. The summed E-state index contributed by atoms with van der Waals surface area (Å²) >= 11 is 0. The van der Waals surface area contributed by atoms with Crippen molar-refractivity contribution in [2.24, 2.45) is 0 Å². The van der Waals surface area contributed by atoms with Gasteiger partial charge in [-0.2, -0.15) is 13.5 Å². The van der Waals surface area contributed by atoms with E-state index in [1.165, 1.54) is 4.90 Å². The topological polar surface area (TPSA) is 128 Å². The predicted octanol–water partition coefficient (Wildman–Crippen LogP) is 0.133. The van der Waals surface area contributed by atoms with Crippen LogP contribution >= 0.6 is 0 Å². The van der Waals surface area contributed by atoms with E-state index in [-0.39, 0.29) is 6.54 Å². The number of urea groups is 1. The molecule has 24 heavy (non-hydrogen) atoms. The van der Waals surface area contributed by atoms with Gasteiger partial charge in [0, 0.05) is 6.54 Å². The number of nitrogens with one attached hydrogen (secondary N) is 2. The normalized spacial score (nSPS) is 23.3. The largest absolute Gasteiger partial charge is 0.418 e. The van der Waals surface area contributed by atoms with Gasteiger partial charge in [-0.05, 0) is 25.0 Å². The van der Waals surface area contributed by atoms with Gasteiger partial charge < -0.3 is 4.90 Å². The van der Waals surface area contributed by atoms with E-state index < -0.39 is 34.4 Å². The number of carbonyl (C=O) groups is 2. The Bertz CT molecular complexity index is 740. The van der Waals surface area contributed by atoms with Crippen molar-refractivity contribution in [3.63, 3.8) is 0 Å². The van der Waals surface area contributed by atoms with Crippen LogP contribution in [-0.2, 0) is 19.5 Å². The molecule has 2 aliphatic rings. The van der Waals surface area contributed by atoms with E-state index in [1.807, 2.05) is 6.07 Å². The molecule has 2 saturated heterocycles. The lowest BCUT2D eigenvalue weighted by Gasteiger charge is -2.29. The molecular formula is C13H16N4O6S. The van der Waals surface area contributed by atoms with Gasteiger partial charge in [-0.25, -0.2) is 4.79 Å². The van der Waals surface area contributed by atoms with E-state index in [2.05, 4.69) is 15.1 Å². The summed E-state index contributed by atoms with van der Waals surface area (Å²) in [4.78, 5) is 25.7. The second kappa shape index (κ2) is 6.26. The maximum Gasteiger partial charge on any atom is 0.418 e. The molecule has 2 aliphatic heterocycles. The van der Waals surface area contributed by atoms with E-state index in [0.717, 1.165) is 0 Å². The average Bonchev–Trinajstić information content (AvgIpc) is 2.77. The van der Waals surface area contributed by atoms with E-state index in [1.54, 1.807) is 24.3 Å². The van der Waals surface area contributed by atoms with Gasteiger partial charge in [0.2, 0.25) is 0 Å². The molecule has 3 rings (SSSR count). The zero-order chi connectivity index (χ0) is 17.3. The summed E-state index contributed by atoms with van der Waals surface area (Å²) < 4.78 is 34.7. The first-order chi connectivity index (χ1) is 11.3. The monoisotopic (exact) mass is 356 g/mol. The molecule has 1 aromatic carbocycles. The van der Waals surface area contributed by atoms with E-state index >= 15 is 0 Å². The molecule has 1 unspecified atom stereocenters. The molecule has 130 valence electrons. The molecule has 10 nitrogen and oxygen atoms in total. The Morgan fingerprint density at radius 3 is 2.62 bits per heavy atom. The number of hydrazine groups is 1. The number of piperidine rings is 1. The Morgan fingerprint density at radius 1 is 1.25 bits per heavy atom. The number of rotatable bonds is 5. The number of benzene rings is 1. The highest BCUT2D eigenvalue weighted by Gasteiger charge is 2.49. The Balaban J connectivity index is 1.64. The molecule has 3 amide bonds. The maximum atomic E-state index is 12.3. The molecule has 1 aromatic rings. The quantitative estimate of drug-likeness (QED) is 0.505. The minimum atomic E-state index is -4.80. The molecule has 2 bridgehead atoms. The van der Waals surface area contributed by atoms with E-state index in [9.17, 15) is 18.0 Å². The Kier molecular flexibility index (Phi) is 4.30. The van der Waals surface area contributed by atoms with Crippen molar-refractivity contribution in [2.45, 2.75) is 24.9 Å². The van der Waals surface area contributed by atoms with Crippen LogP contribution in [0, 0.1) is 0 Å². The third-order valence-electron chi connectivity index (χ3n) is 3.90. The number of amides is 3. The molecule has 0 saturated carbocycles. The number of hydroxylamine groups is 2. The highest BCUT2D eigenvalue weighted by molar-refractivity contribution is 7.80. The summed E-state index contributed by atoms with van der Waals surface area (Å²) in [6.07, 6.45) is 0.727. The third-order valence-corrected chi connectivity index (χ3v) is 4.25. The van der Waals surface area contributed by atoms with Gasteiger partial charge in [0.05, 0.1) is 11.7 Å². The summed E-state index contributed by atoms with van der Waals surface area (Å²) in [6.45, 7) is 0.151. The van der Waals surface area contributed by atoms with Crippen LogP contribution in [0.25, 0.3) is 0 Å². The van der Waals surface area contributed by atoms with Crippen molar-refractivity contribution in [3.8, 4) is 0 Å². The fourth-order valence-corrected chi connectivity index (χ4v) is 3.23. The molecule has 3 N–H and O–H groups in total. The van der Waals surface area contributed by atoms with E-state index in [0.29, 0.717) is 23.6 Å². The highest BCUT2D eigenvalue weighted by atomic mass is 32.3. The first kappa shape index (κ1) is 16.5. The summed E-state index contributed by atoms with van der Waals surface area (Å²) in [5.74, 6) is -0.417. The number of nitrogens with zero attached hydrogens (tertiary/aromatic N) is 2. The third kappa shape index (κ3) is 3.42. The second-order valence-corrected chi connectivity index (χ2v) is 6.49. The number of anilines is 1. The minimum absolute atomic E-state index is 0.151. The molecule has 2 heterocycles. The summed E-state index contributed by atoms with van der Waals surface area (Å²) in [5, 5.41) is 0.604. The van der Waals surface area contributed by atoms with Crippen LogP contribution < -0.4 is 10.9 Å². The highest BCUT2D eigenvalue weighted by Crippen LogP contribution is 2.30. The predicted molar refractivity (Wildman–Crippen MR) is 81.6 cm³/mol. The lowest BCUT2D eigenvalue weighted by atomic mass is 10.0. The molecule has 11 heteroatoms.